The number of benzene rings is 1. The van der Waals surface area contributed by atoms with Crippen LogP contribution < -0.4 is 10.6 Å². The maximum Gasteiger partial charge on any atom is 0.408 e. The van der Waals surface area contributed by atoms with Crippen molar-refractivity contribution in [3.05, 3.63) is 35.9 Å². The quantitative estimate of drug-likeness (QED) is 0.745. The number of ether oxygens (including phenoxy) is 1. The summed E-state index contributed by atoms with van der Waals surface area (Å²) in [7, 11) is 0. The fraction of sp³-hybridized carbons (Fsp3) is 0.632. The third-order valence-corrected chi connectivity index (χ3v) is 3.74. The highest BCUT2D eigenvalue weighted by Gasteiger charge is 2.20. The van der Waals surface area contributed by atoms with Crippen molar-refractivity contribution in [1.29, 1.82) is 0 Å². The van der Waals surface area contributed by atoms with Gasteiger partial charge in [-0.3, -0.25) is 0 Å². The van der Waals surface area contributed by atoms with Gasteiger partial charge in [-0.05, 0) is 52.1 Å². The van der Waals surface area contributed by atoms with E-state index in [2.05, 4.69) is 24.5 Å². The maximum absolute atomic E-state index is 12.1. The molecule has 0 aliphatic heterocycles. The molecule has 1 aromatic carbocycles. The normalized spacial score (nSPS) is 13.0. The molecule has 23 heavy (non-hydrogen) atoms. The summed E-state index contributed by atoms with van der Waals surface area (Å²) in [4.78, 5) is 12.1. The first kappa shape index (κ1) is 19.5. The number of rotatable bonds is 8. The Labute approximate surface area is 141 Å². The van der Waals surface area contributed by atoms with Crippen LogP contribution >= 0.6 is 0 Å². The molecule has 0 radical (unpaired) electrons. The molecule has 4 heteroatoms. The molecule has 0 aromatic heterocycles. The van der Waals surface area contributed by atoms with E-state index < -0.39 is 5.60 Å². The van der Waals surface area contributed by atoms with E-state index in [9.17, 15) is 4.79 Å². The van der Waals surface area contributed by atoms with Gasteiger partial charge in [0, 0.05) is 6.04 Å². The van der Waals surface area contributed by atoms with Gasteiger partial charge in [-0.1, -0.05) is 44.2 Å². The van der Waals surface area contributed by atoms with Crippen LogP contribution in [0.15, 0.2) is 30.3 Å². The Morgan fingerprint density at radius 2 is 1.74 bits per heavy atom. The highest BCUT2D eigenvalue weighted by atomic mass is 16.6. The summed E-state index contributed by atoms with van der Waals surface area (Å²) in [5, 5.41) is 6.55. The molecule has 1 aromatic rings. The largest absolute Gasteiger partial charge is 0.444 e. The zero-order valence-electron chi connectivity index (χ0n) is 15.2. The minimum atomic E-state index is -0.487. The van der Waals surface area contributed by atoms with Crippen molar-refractivity contribution in [3.8, 4) is 0 Å². The molecule has 2 N–H and O–H groups in total. The Bertz CT molecular complexity index is 450. The van der Waals surface area contributed by atoms with Crippen molar-refractivity contribution < 1.29 is 9.53 Å². The summed E-state index contributed by atoms with van der Waals surface area (Å²) < 4.78 is 5.39. The lowest BCUT2D eigenvalue weighted by Crippen LogP contribution is -2.37. The fourth-order valence-corrected chi connectivity index (χ4v) is 2.47. The smallest absolute Gasteiger partial charge is 0.408 e. The third-order valence-electron chi connectivity index (χ3n) is 3.74. The van der Waals surface area contributed by atoms with Gasteiger partial charge in [-0.15, -0.1) is 0 Å². The number of alkyl carbamates (subject to hydrolysis) is 1. The molecule has 1 rings (SSSR count). The zero-order valence-corrected chi connectivity index (χ0v) is 15.2. The molecule has 130 valence electrons. The van der Waals surface area contributed by atoms with Crippen LogP contribution in [0.3, 0.4) is 0 Å². The van der Waals surface area contributed by atoms with E-state index in [1.807, 2.05) is 51.1 Å². The Balaban J connectivity index is 2.65. The van der Waals surface area contributed by atoms with Gasteiger partial charge in [0.15, 0.2) is 0 Å². The van der Waals surface area contributed by atoms with Crippen LogP contribution in [0.4, 0.5) is 4.79 Å². The molecule has 0 heterocycles. The summed E-state index contributed by atoms with van der Waals surface area (Å²) in [6.45, 7) is 10.9. The molecule has 0 saturated heterocycles. The van der Waals surface area contributed by atoms with E-state index in [4.69, 9.17) is 4.74 Å². The topological polar surface area (TPSA) is 50.4 Å². The fourth-order valence-electron chi connectivity index (χ4n) is 2.47. The summed E-state index contributed by atoms with van der Waals surface area (Å²) in [6.07, 6.45) is 2.70. The van der Waals surface area contributed by atoms with Crippen LogP contribution in [0, 0.1) is 0 Å². The third kappa shape index (κ3) is 8.03. The number of carbonyl (C=O) groups is 1. The van der Waals surface area contributed by atoms with Crippen LogP contribution in [0.25, 0.3) is 0 Å². The van der Waals surface area contributed by atoms with Crippen LogP contribution in [0.1, 0.15) is 65.5 Å². The molecule has 0 saturated carbocycles. The monoisotopic (exact) mass is 320 g/mol. The average molecular weight is 320 g/mol. The van der Waals surface area contributed by atoms with E-state index >= 15 is 0 Å². The predicted octanol–water partition coefficient (Wildman–Crippen LogP) is 4.42. The molecule has 0 bridgehead atoms. The van der Waals surface area contributed by atoms with E-state index in [1.165, 1.54) is 0 Å². The highest BCUT2D eigenvalue weighted by molar-refractivity contribution is 5.68. The van der Waals surface area contributed by atoms with E-state index in [1.54, 1.807) is 0 Å². The SMILES string of the molecule is CCC(CC)NCCC(NC(=O)OC(C)(C)C)c1ccccc1. The van der Waals surface area contributed by atoms with Crippen molar-refractivity contribution in [1.82, 2.24) is 10.6 Å². The van der Waals surface area contributed by atoms with Crippen LogP contribution in [0.5, 0.6) is 0 Å². The molecule has 1 amide bonds. The van der Waals surface area contributed by atoms with Gasteiger partial charge in [0.25, 0.3) is 0 Å². The second kappa shape index (κ2) is 9.56. The first-order chi connectivity index (χ1) is 10.9. The van der Waals surface area contributed by atoms with Gasteiger partial charge < -0.3 is 15.4 Å². The van der Waals surface area contributed by atoms with Crippen molar-refractivity contribution in [3.63, 3.8) is 0 Å². The van der Waals surface area contributed by atoms with Gasteiger partial charge in [0.2, 0.25) is 0 Å². The standard InChI is InChI=1S/C19H32N2O2/c1-6-16(7-2)20-14-13-17(15-11-9-8-10-12-15)21-18(22)23-19(3,4)5/h8-12,16-17,20H,6-7,13-14H2,1-5H3,(H,21,22). The number of hydrogen-bond donors (Lipinski definition) is 2. The molecule has 0 spiro atoms. The van der Waals surface area contributed by atoms with Crippen LogP contribution in [0.2, 0.25) is 0 Å². The summed E-state index contributed by atoms with van der Waals surface area (Å²) >= 11 is 0. The Morgan fingerprint density at radius 1 is 1.13 bits per heavy atom. The number of nitrogens with one attached hydrogen (secondary N) is 2. The first-order valence-corrected chi connectivity index (χ1v) is 8.63. The number of hydrogen-bond acceptors (Lipinski definition) is 3. The lowest BCUT2D eigenvalue weighted by Gasteiger charge is -2.25. The summed E-state index contributed by atoms with van der Waals surface area (Å²) in [6, 6.07) is 10.5. The molecule has 1 unspecified atom stereocenters. The molecule has 0 aliphatic rings. The Kier molecular flexibility index (Phi) is 8.10. The van der Waals surface area contributed by atoms with Crippen molar-refractivity contribution in [2.45, 2.75) is 71.6 Å². The van der Waals surface area contributed by atoms with Crippen molar-refractivity contribution in [2.75, 3.05) is 6.54 Å². The number of amides is 1. The summed E-state index contributed by atoms with van der Waals surface area (Å²) in [5.74, 6) is 0. The second-order valence-corrected chi connectivity index (χ2v) is 6.87. The van der Waals surface area contributed by atoms with Gasteiger partial charge in [0.1, 0.15) is 5.60 Å². The lowest BCUT2D eigenvalue weighted by molar-refractivity contribution is 0.0501. The highest BCUT2D eigenvalue weighted by Crippen LogP contribution is 2.17. The van der Waals surface area contributed by atoms with Gasteiger partial charge in [-0.2, -0.15) is 0 Å². The lowest BCUT2D eigenvalue weighted by atomic mass is 10.0. The van der Waals surface area contributed by atoms with E-state index in [0.717, 1.165) is 31.4 Å². The molecule has 1 atom stereocenters. The molecular formula is C19H32N2O2. The van der Waals surface area contributed by atoms with E-state index in [0.29, 0.717) is 6.04 Å². The van der Waals surface area contributed by atoms with Gasteiger partial charge >= 0.3 is 6.09 Å². The minimum Gasteiger partial charge on any atom is -0.444 e. The van der Waals surface area contributed by atoms with Gasteiger partial charge in [0.05, 0.1) is 6.04 Å². The van der Waals surface area contributed by atoms with Gasteiger partial charge in [-0.25, -0.2) is 4.79 Å². The molecule has 0 aliphatic carbocycles. The molecule has 4 nitrogen and oxygen atoms in total. The van der Waals surface area contributed by atoms with Crippen LogP contribution in [-0.2, 0) is 4.74 Å². The Morgan fingerprint density at radius 3 is 2.26 bits per heavy atom. The molecular weight excluding hydrogens is 288 g/mol. The predicted molar refractivity (Wildman–Crippen MR) is 95.5 cm³/mol. The molecule has 0 fully saturated rings. The number of carbonyl (C=O) groups excluding carboxylic acids is 1. The van der Waals surface area contributed by atoms with Crippen molar-refractivity contribution >= 4 is 6.09 Å². The average Bonchev–Trinajstić information content (AvgIpc) is 2.49. The van der Waals surface area contributed by atoms with Crippen molar-refractivity contribution in [2.24, 2.45) is 0 Å². The maximum atomic E-state index is 12.1. The minimum absolute atomic E-state index is 0.0482. The summed E-state index contributed by atoms with van der Waals surface area (Å²) in [5.41, 5.74) is 0.615. The van der Waals surface area contributed by atoms with Crippen LogP contribution in [-0.4, -0.2) is 24.3 Å². The zero-order chi connectivity index (χ0) is 17.3. The Hall–Kier alpha value is -1.55. The second-order valence-electron chi connectivity index (χ2n) is 6.87. The van der Waals surface area contributed by atoms with E-state index in [-0.39, 0.29) is 12.1 Å². The first-order valence-electron chi connectivity index (χ1n) is 8.63.